The van der Waals surface area contributed by atoms with Crippen molar-refractivity contribution in [2.45, 2.75) is 12.5 Å². The minimum atomic E-state index is -1.07. The van der Waals surface area contributed by atoms with Crippen molar-refractivity contribution in [3.63, 3.8) is 0 Å². The number of pyridine rings is 1. The van der Waals surface area contributed by atoms with Crippen LogP contribution in [0.2, 0.25) is 0 Å². The number of thiophene rings is 1. The van der Waals surface area contributed by atoms with E-state index < -0.39 is 28.7 Å². The van der Waals surface area contributed by atoms with Gasteiger partial charge in [0.1, 0.15) is 0 Å². The molecular weight excluding hydrogens is 600 g/mol. The first-order chi connectivity index (χ1) is 21.7. The highest BCUT2D eigenvalue weighted by Gasteiger charge is 2.26. The van der Waals surface area contributed by atoms with E-state index >= 15 is 0 Å². The molecule has 0 aliphatic carbocycles. The van der Waals surface area contributed by atoms with Crippen LogP contribution in [0.5, 0.6) is 0 Å². The molecule has 0 radical (unpaired) electrons. The second-order valence-corrected chi connectivity index (χ2v) is 11.1. The number of amides is 3. The number of carboxylic acid groups (broad SMARTS) is 1. The van der Waals surface area contributed by atoms with Gasteiger partial charge in [-0.25, -0.2) is 0 Å². The number of nitrogens with zero attached hydrogens (tertiary/aromatic N) is 4. The van der Waals surface area contributed by atoms with Crippen molar-refractivity contribution in [3.05, 3.63) is 116 Å². The Morgan fingerprint density at radius 1 is 0.933 bits per heavy atom. The van der Waals surface area contributed by atoms with Crippen LogP contribution in [0.25, 0.3) is 0 Å². The lowest BCUT2D eigenvalue weighted by Crippen LogP contribution is -2.49. The molecule has 3 N–H and O–H groups in total. The summed E-state index contributed by atoms with van der Waals surface area (Å²) in [4.78, 5) is 69.9. The molecule has 14 heteroatoms. The molecule has 2 aromatic heterocycles. The number of aliphatic carboxylic acids is 1. The summed E-state index contributed by atoms with van der Waals surface area (Å²) < 4.78 is 0. The Labute approximate surface area is 261 Å². The minimum Gasteiger partial charge on any atom is -0.481 e. The van der Waals surface area contributed by atoms with E-state index in [-0.39, 0.29) is 29.1 Å². The quantitative estimate of drug-likeness (QED) is 0.172. The van der Waals surface area contributed by atoms with Gasteiger partial charge in [-0.15, -0.1) is 11.3 Å². The number of aromatic nitrogens is 1. The molecule has 3 heterocycles. The van der Waals surface area contributed by atoms with E-state index in [0.29, 0.717) is 48.0 Å². The molecule has 2 aromatic carbocycles. The Bertz CT molecular complexity index is 1710. The van der Waals surface area contributed by atoms with Crippen LogP contribution in [0.3, 0.4) is 0 Å². The maximum atomic E-state index is 13.3. The average Bonchev–Trinajstić information content (AvgIpc) is 3.60. The minimum absolute atomic E-state index is 0.136. The van der Waals surface area contributed by atoms with Gasteiger partial charge in [-0.05, 0) is 53.9 Å². The van der Waals surface area contributed by atoms with Gasteiger partial charge in [-0.1, -0.05) is 6.07 Å². The Hall–Kier alpha value is -5.63. The number of carbonyl (C=O) groups excluding carboxylic acids is 3. The normalized spacial score (nSPS) is 13.5. The third kappa shape index (κ3) is 7.48. The first kappa shape index (κ1) is 30.8. The predicted octanol–water partition coefficient (Wildman–Crippen LogP) is 4.21. The molecule has 0 spiro atoms. The summed E-state index contributed by atoms with van der Waals surface area (Å²) in [6.07, 6.45) is 2.81. The number of nitro benzene ring substituents is 1. The van der Waals surface area contributed by atoms with E-state index in [4.69, 9.17) is 0 Å². The molecule has 0 bridgehead atoms. The van der Waals surface area contributed by atoms with Gasteiger partial charge in [0.05, 0.1) is 34.3 Å². The van der Waals surface area contributed by atoms with E-state index in [1.165, 1.54) is 47.9 Å². The molecule has 230 valence electrons. The average molecular weight is 629 g/mol. The van der Waals surface area contributed by atoms with Crippen molar-refractivity contribution in [2.24, 2.45) is 0 Å². The van der Waals surface area contributed by atoms with Crippen LogP contribution in [0.15, 0.2) is 84.5 Å². The van der Waals surface area contributed by atoms with Crippen molar-refractivity contribution in [3.8, 4) is 0 Å². The van der Waals surface area contributed by atoms with Gasteiger partial charge in [-0.3, -0.25) is 34.3 Å². The van der Waals surface area contributed by atoms with Gasteiger partial charge in [0.2, 0.25) is 0 Å². The summed E-state index contributed by atoms with van der Waals surface area (Å²) >= 11 is 1.33. The third-order valence-electron chi connectivity index (χ3n) is 7.23. The number of anilines is 2. The van der Waals surface area contributed by atoms with Gasteiger partial charge in [0, 0.05) is 66.7 Å². The zero-order chi connectivity index (χ0) is 31.9. The second-order valence-electron chi connectivity index (χ2n) is 10.2. The third-order valence-corrected chi connectivity index (χ3v) is 8.22. The van der Waals surface area contributed by atoms with E-state index in [1.54, 1.807) is 52.9 Å². The van der Waals surface area contributed by atoms with Gasteiger partial charge in [0.25, 0.3) is 23.4 Å². The molecule has 13 nitrogen and oxygen atoms in total. The fourth-order valence-corrected chi connectivity index (χ4v) is 5.71. The lowest BCUT2D eigenvalue weighted by atomic mass is 10.1. The van der Waals surface area contributed by atoms with Gasteiger partial charge < -0.3 is 25.5 Å². The molecule has 1 saturated heterocycles. The van der Waals surface area contributed by atoms with Crippen LogP contribution in [0.4, 0.5) is 17.1 Å². The SMILES string of the molecule is O=C(O)CC(NC(=O)c1ccc(N2CCN(C(=O)c3cccnc3)CC2)c(NC(=O)c2ccc([N+](=O)[O-])cc2)c1)c1cccs1. The van der Waals surface area contributed by atoms with Crippen molar-refractivity contribution < 1.29 is 29.2 Å². The first-order valence-electron chi connectivity index (χ1n) is 13.9. The Morgan fingerprint density at radius 2 is 1.67 bits per heavy atom. The Balaban J connectivity index is 1.39. The Kier molecular flexibility index (Phi) is 9.43. The maximum absolute atomic E-state index is 13.3. The zero-order valence-corrected chi connectivity index (χ0v) is 24.6. The molecule has 5 rings (SSSR count). The smallest absolute Gasteiger partial charge is 0.305 e. The molecule has 4 aromatic rings. The highest BCUT2D eigenvalue weighted by molar-refractivity contribution is 7.10. The number of hydrogen-bond donors (Lipinski definition) is 3. The van der Waals surface area contributed by atoms with E-state index in [2.05, 4.69) is 15.6 Å². The lowest BCUT2D eigenvalue weighted by molar-refractivity contribution is -0.384. The van der Waals surface area contributed by atoms with Crippen molar-refractivity contribution in [1.29, 1.82) is 0 Å². The molecule has 3 amide bonds. The number of nitro groups is 1. The fraction of sp³-hybridized carbons (Fsp3) is 0.194. The highest BCUT2D eigenvalue weighted by Crippen LogP contribution is 2.30. The zero-order valence-electron chi connectivity index (χ0n) is 23.8. The number of nitrogens with one attached hydrogen (secondary N) is 2. The Morgan fingerprint density at radius 3 is 2.29 bits per heavy atom. The van der Waals surface area contributed by atoms with Crippen LogP contribution in [-0.2, 0) is 4.79 Å². The molecular formula is C31H28N6O7S. The lowest BCUT2D eigenvalue weighted by Gasteiger charge is -2.37. The van der Waals surface area contributed by atoms with Crippen LogP contribution in [-0.4, -0.2) is 69.8 Å². The van der Waals surface area contributed by atoms with Crippen LogP contribution in [0.1, 0.15) is 48.4 Å². The van der Waals surface area contributed by atoms with Crippen LogP contribution in [0, 0.1) is 10.1 Å². The summed E-state index contributed by atoms with van der Waals surface area (Å²) in [5, 5.41) is 27.9. The number of benzene rings is 2. The molecule has 1 fully saturated rings. The van der Waals surface area contributed by atoms with Gasteiger partial charge in [0.15, 0.2) is 0 Å². The molecule has 1 atom stereocenters. The maximum Gasteiger partial charge on any atom is 0.305 e. The fourth-order valence-electron chi connectivity index (χ4n) is 4.93. The largest absolute Gasteiger partial charge is 0.481 e. The monoisotopic (exact) mass is 628 g/mol. The van der Waals surface area contributed by atoms with Crippen molar-refractivity contribution >= 4 is 52.1 Å². The second kappa shape index (κ2) is 13.8. The number of rotatable bonds is 10. The molecule has 45 heavy (non-hydrogen) atoms. The summed E-state index contributed by atoms with van der Waals surface area (Å²) in [5.41, 5.74) is 1.61. The summed E-state index contributed by atoms with van der Waals surface area (Å²) in [6.45, 7) is 1.70. The predicted molar refractivity (Wildman–Crippen MR) is 167 cm³/mol. The molecule has 0 saturated carbocycles. The topological polar surface area (TPSA) is 175 Å². The number of hydrogen-bond acceptors (Lipinski definition) is 9. The number of carboxylic acids is 1. The summed E-state index contributed by atoms with van der Waals surface area (Å²) in [6, 6.07) is 16.1. The standard InChI is InChI=1S/C31H28N6O7S/c38-28(39)18-25(27-4-2-16-45-27)34-30(41)21-7-10-26(24(17-21)33-29(40)20-5-8-23(9-6-20)37(43)44)35-12-14-36(15-13-35)31(42)22-3-1-11-32-19-22/h1-11,16-17,19,25H,12-15,18H2,(H,33,40)(H,34,41)(H,38,39). The summed E-state index contributed by atoms with van der Waals surface area (Å²) in [7, 11) is 0. The summed E-state index contributed by atoms with van der Waals surface area (Å²) in [5.74, 6) is -2.28. The van der Waals surface area contributed by atoms with E-state index in [0.717, 1.165) is 0 Å². The van der Waals surface area contributed by atoms with Crippen molar-refractivity contribution in [1.82, 2.24) is 15.2 Å². The van der Waals surface area contributed by atoms with E-state index in [9.17, 15) is 34.4 Å². The molecule has 1 aliphatic heterocycles. The first-order valence-corrected chi connectivity index (χ1v) is 14.8. The highest BCUT2D eigenvalue weighted by atomic mass is 32.1. The molecule has 1 aliphatic rings. The van der Waals surface area contributed by atoms with Crippen LogP contribution < -0.4 is 15.5 Å². The van der Waals surface area contributed by atoms with Crippen molar-refractivity contribution in [2.75, 3.05) is 36.4 Å². The number of non-ortho nitro benzene ring substituents is 1. The molecule has 1 unspecified atom stereocenters. The van der Waals surface area contributed by atoms with Gasteiger partial charge >= 0.3 is 5.97 Å². The number of carbonyl (C=O) groups is 4. The number of piperazine rings is 1. The van der Waals surface area contributed by atoms with E-state index in [1.807, 2.05) is 4.90 Å². The van der Waals surface area contributed by atoms with Gasteiger partial charge in [-0.2, -0.15) is 0 Å². The van der Waals surface area contributed by atoms with Crippen LogP contribution >= 0.6 is 11.3 Å².